The number of benzene rings is 1. The molecule has 0 spiro atoms. The maximum Gasteiger partial charge on any atom is 0.407 e. The van der Waals surface area contributed by atoms with Gasteiger partial charge in [-0.15, -0.1) is 0 Å². The smallest absolute Gasteiger partial charge is 0.407 e. The Kier molecular flexibility index (Phi) is 10.3. The fourth-order valence-corrected chi connectivity index (χ4v) is 2.23. The normalized spacial score (nSPS) is 11.8. The lowest BCUT2D eigenvalue weighted by atomic mass is 10.1. The molecule has 0 bridgehead atoms. The van der Waals surface area contributed by atoms with E-state index in [-0.39, 0.29) is 0 Å². The monoisotopic (exact) mass is 378 g/mol. The van der Waals surface area contributed by atoms with Crippen molar-refractivity contribution in [1.82, 2.24) is 16.0 Å². The van der Waals surface area contributed by atoms with E-state index >= 15 is 0 Å². The van der Waals surface area contributed by atoms with Gasteiger partial charge in [-0.1, -0.05) is 24.3 Å². The maximum atomic E-state index is 11.6. The molecule has 0 unspecified atom stereocenters. The van der Waals surface area contributed by atoms with Crippen molar-refractivity contribution in [3.63, 3.8) is 0 Å². The summed E-state index contributed by atoms with van der Waals surface area (Å²) < 4.78 is 10.7. The molecule has 0 radical (unpaired) electrons. The molecule has 0 saturated heterocycles. The third-order valence-corrected chi connectivity index (χ3v) is 3.42. The number of hydrogen-bond donors (Lipinski definition) is 3. The molecule has 0 aliphatic rings. The molecule has 152 valence electrons. The van der Waals surface area contributed by atoms with Crippen LogP contribution in [-0.2, 0) is 22.6 Å². The Balaban J connectivity index is 2.52. The molecule has 1 aromatic rings. The van der Waals surface area contributed by atoms with Crippen molar-refractivity contribution in [3.05, 3.63) is 35.4 Å². The summed E-state index contributed by atoms with van der Waals surface area (Å²) in [6.45, 7) is 13.1. The second-order valence-corrected chi connectivity index (χ2v) is 6.96. The van der Waals surface area contributed by atoms with Crippen LogP contribution in [-0.4, -0.2) is 43.9 Å². The van der Waals surface area contributed by atoms with Gasteiger partial charge in [-0.05, 0) is 45.7 Å². The first-order chi connectivity index (χ1) is 12.9. The van der Waals surface area contributed by atoms with Gasteiger partial charge in [0, 0.05) is 26.2 Å². The van der Waals surface area contributed by atoms with Crippen LogP contribution in [0.15, 0.2) is 29.3 Å². The third kappa shape index (κ3) is 10.5. The molecule has 0 fully saturated rings. The minimum Gasteiger partial charge on any atom is -0.444 e. The summed E-state index contributed by atoms with van der Waals surface area (Å²) in [6.07, 6.45) is -0.420. The predicted octanol–water partition coefficient (Wildman–Crippen LogP) is 2.80. The Morgan fingerprint density at radius 2 is 1.70 bits per heavy atom. The van der Waals surface area contributed by atoms with Gasteiger partial charge in [0.05, 0.1) is 13.2 Å². The molecule has 0 heterocycles. The number of guanidine groups is 1. The highest BCUT2D eigenvalue weighted by Gasteiger charge is 2.15. The number of alkyl carbamates (subject to hydrolysis) is 1. The highest BCUT2D eigenvalue weighted by molar-refractivity contribution is 5.79. The average Bonchev–Trinajstić information content (AvgIpc) is 2.60. The van der Waals surface area contributed by atoms with Gasteiger partial charge in [0.15, 0.2) is 5.96 Å². The van der Waals surface area contributed by atoms with Gasteiger partial charge < -0.3 is 25.4 Å². The number of amides is 1. The topological polar surface area (TPSA) is 84.0 Å². The van der Waals surface area contributed by atoms with Crippen LogP contribution in [0.3, 0.4) is 0 Å². The standard InChI is InChI=1S/C20H34N4O3/c1-6-21-18(22-12-13-23-19(25)27-20(3,4)5)24-14-16-10-8-9-11-17(16)15-26-7-2/h8-11H,6-7,12-15H2,1-5H3,(H,23,25)(H2,21,22,24). The van der Waals surface area contributed by atoms with Crippen molar-refractivity contribution < 1.29 is 14.3 Å². The van der Waals surface area contributed by atoms with Crippen molar-refractivity contribution in [3.8, 4) is 0 Å². The van der Waals surface area contributed by atoms with Crippen LogP contribution < -0.4 is 16.0 Å². The van der Waals surface area contributed by atoms with Crippen LogP contribution >= 0.6 is 0 Å². The van der Waals surface area contributed by atoms with Crippen LogP contribution in [0.5, 0.6) is 0 Å². The molecule has 0 saturated carbocycles. The van der Waals surface area contributed by atoms with Gasteiger partial charge in [-0.25, -0.2) is 9.79 Å². The molecule has 0 aliphatic carbocycles. The van der Waals surface area contributed by atoms with Gasteiger partial charge in [0.25, 0.3) is 0 Å². The molecule has 7 nitrogen and oxygen atoms in total. The minimum atomic E-state index is -0.497. The van der Waals surface area contributed by atoms with Crippen LogP contribution in [0.25, 0.3) is 0 Å². The molecule has 0 aromatic heterocycles. The van der Waals surface area contributed by atoms with Crippen LogP contribution in [0, 0.1) is 0 Å². The number of carbonyl (C=O) groups is 1. The van der Waals surface area contributed by atoms with Gasteiger partial charge in [0.1, 0.15) is 5.60 Å². The molecule has 1 aromatic carbocycles. The van der Waals surface area contributed by atoms with Crippen molar-refractivity contribution in [2.45, 2.75) is 53.4 Å². The zero-order valence-electron chi connectivity index (χ0n) is 17.2. The summed E-state index contributed by atoms with van der Waals surface area (Å²) >= 11 is 0. The van der Waals surface area contributed by atoms with Crippen molar-refractivity contribution >= 4 is 12.1 Å². The average molecular weight is 379 g/mol. The van der Waals surface area contributed by atoms with Gasteiger partial charge >= 0.3 is 6.09 Å². The van der Waals surface area contributed by atoms with E-state index in [4.69, 9.17) is 9.47 Å². The molecular weight excluding hydrogens is 344 g/mol. The van der Waals surface area contributed by atoms with E-state index in [2.05, 4.69) is 33.1 Å². The summed E-state index contributed by atoms with van der Waals surface area (Å²) in [5.74, 6) is 0.703. The Morgan fingerprint density at radius 1 is 1.04 bits per heavy atom. The molecule has 1 rings (SSSR count). The van der Waals surface area contributed by atoms with E-state index in [1.807, 2.05) is 46.8 Å². The number of aliphatic imine (C=N–C) groups is 1. The maximum absolute atomic E-state index is 11.6. The van der Waals surface area contributed by atoms with Crippen molar-refractivity contribution in [1.29, 1.82) is 0 Å². The van der Waals surface area contributed by atoms with E-state index in [0.29, 0.717) is 38.8 Å². The lowest BCUT2D eigenvalue weighted by molar-refractivity contribution is 0.0529. The number of nitrogens with one attached hydrogen (secondary N) is 3. The molecule has 7 heteroatoms. The SMILES string of the molecule is CCNC(=NCc1ccccc1COCC)NCCNC(=O)OC(C)(C)C. The van der Waals surface area contributed by atoms with Crippen molar-refractivity contribution in [2.75, 3.05) is 26.2 Å². The van der Waals surface area contributed by atoms with Gasteiger partial charge in [-0.3, -0.25) is 0 Å². The van der Waals surface area contributed by atoms with Crippen LogP contribution in [0.2, 0.25) is 0 Å². The second kappa shape index (κ2) is 12.2. The number of carbonyl (C=O) groups excluding carboxylic acids is 1. The molecule has 0 atom stereocenters. The zero-order valence-corrected chi connectivity index (χ0v) is 17.2. The predicted molar refractivity (Wildman–Crippen MR) is 109 cm³/mol. The third-order valence-electron chi connectivity index (χ3n) is 3.42. The summed E-state index contributed by atoms with van der Waals surface area (Å²) in [4.78, 5) is 16.3. The van der Waals surface area contributed by atoms with Crippen LogP contribution in [0.4, 0.5) is 4.79 Å². The van der Waals surface area contributed by atoms with E-state index in [9.17, 15) is 4.79 Å². The lowest BCUT2D eigenvalue weighted by Crippen LogP contribution is -2.42. The van der Waals surface area contributed by atoms with E-state index in [1.165, 1.54) is 0 Å². The Labute approximate surface area is 162 Å². The molecule has 27 heavy (non-hydrogen) atoms. The number of ether oxygens (including phenoxy) is 2. The fourth-order valence-electron chi connectivity index (χ4n) is 2.23. The van der Waals surface area contributed by atoms with Gasteiger partial charge in [0.2, 0.25) is 0 Å². The highest BCUT2D eigenvalue weighted by atomic mass is 16.6. The summed E-state index contributed by atoms with van der Waals surface area (Å²) in [5.41, 5.74) is 1.78. The van der Waals surface area contributed by atoms with Crippen LogP contribution in [0.1, 0.15) is 45.7 Å². The quantitative estimate of drug-likeness (QED) is 0.350. The minimum absolute atomic E-state index is 0.420. The Morgan fingerprint density at radius 3 is 2.33 bits per heavy atom. The summed E-state index contributed by atoms with van der Waals surface area (Å²) in [6, 6.07) is 8.13. The summed E-state index contributed by atoms with van der Waals surface area (Å²) in [5, 5.41) is 9.13. The number of rotatable bonds is 9. The lowest BCUT2D eigenvalue weighted by Gasteiger charge is -2.20. The molecule has 3 N–H and O–H groups in total. The molecular formula is C20H34N4O3. The Hall–Kier alpha value is -2.28. The molecule has 1 amide bonds. The van der Waals surface area contributed by atoms with E-state index in [1.54, 1.807) is 0 Å². The second-order valence-electron chi connectivity index (χ2n) is 6.96. The zero-order chi connectivity index (χ0) is 20.1. The number of nitrogens with zero attached hydrogens (tertiary/aromatic N) is 1. The van der Waals surface area contributed by atoms with Crippen molar-refractivity contribution in [2.24, 2.45) is 4.99 Å². The first-order valence-electron chi connectivity index (χ1n) is 9.49. The Bertz CT molecular complexity index is 597. The number of hydrogen-bond acceptors (Lipinski definition) is 4. The van der Waals surface area contributed by atoms with E-state index < -0.39 is 11.7 Å². The van der Waals surface area contributed by atoms with E-state index in [0.717, 1.165) is 17.7 Å². The first-order valence-corrected chi connectivity index (χ1v) is 9.49. The summed E-state index contributed by atoms with van der Waals surface area (Å²) in [7, 11) is 0. The fraction of sp³-hybridized carbons (Fsp3) is 0.600. The largest absolute Gasteiger partial charge is 0.444 e. The first kappa shape index (κ1) is 22.8. The highest BCUT2D eigenvalue weighted by Crippen LogP contribution is 2.11. The molecule has 0 aliphatic heterocycles. The van der Waals surface area contributed by atoms with Gasteiger partial charge in [-0.2, -0.15) is 0 Å².